The topological polar surface area (TPSA) is 193 Å². The summed E-state index contributed by atoms with van der Waals surface area (Å²) in [6.07, 6.45) is 6.26. The molecule has 0 bridgehead atoms. The highest BCUT2D eigenvalue weighted by molar-refractivity contribution is 5.90. The lowest BCUT2D eigenvalue weighted by atomic mass is 9.87. The van der Waals surface area contributed by atoms with Gasteiger partial charge in [-0.25, -0.2) is 19.6 Å². The molecule has 2 saturated heterocycles. The number of carbonyl (C=O) groups excluding carboxylic acids is 4. The smallest absolute Gasteiger partial charge is 0.407 e. The summed E-state index contributed by atoms with van der Waals surface area (Å²) >= 11 is 0. The number of aromatic nitrogens is 4. The maximum Gasteiger partial charge on any atom is 0.407 e. The Hall–Kier alpha value is -6.06. The molecule has 64 heavy (non-hydrogen) atoms. The number of hydrogen-bond donors (Lipinski definition) is 4. The van der Waals surface area contributed by atoms with Gasteiger partial charge in [0.05, 0.1) is 37.7 Å². The highest BCUT2D eigenvalue weighted by atomic mass is 16.5. The summed E-state index contributed by atoms with van der Waals surface area (Å²) in [4.78, 5) is 73.9. The van der Waals surface area contributed by atoms with Crippen molar-refractivity contribution in [2.45, 2.75) is 128 Å². The van der Waals surface area contributed by atoms with Gasteiger partial charge in [-0.3, -0.25) is 9.59 Å². The second kappa shape index (κ2) is 16.5. The average molecular weight is 875 g/mol. The first kappa shape index (κ1) is 41.9. The van der Waals surface area contributed by atoms with Crippen LogP contribution < -0.4 is 20.1 Å². The van der Waals surface area contributed by atoms with E-state index in [0.29, 0.717) is 38.1 Å². The maximum atomic E-state index is 13.9. The van der Waals surface area contributed by atoms with Crippen LogP contribution in [-0.4, -0.2) is 93.1 Å². The number of rotatable bonds is 12. The fourth-order valence-corrected chi connectivity index (χ4v) is 10.2. The number of hydrogen-bond acceptors (Lipinski definition) is 10. The second-order valence-corrected chi connectivity index (χ2v) is 19.0. The number of imidazole rings is 2. The lowest BCUT2D eigenvalue weighted by Gasteiger charge is -2.30. The van der Waals surface area contributed by atoms with Crippen LogP contribution in [-0.2, 0) is 32.3 Å². The van der Waals surface area contributed by atoms with Crippen LogP contribution in [0.15, 0.2) is 24.3 Å². The summed E-state index contributed by atoms with van der Waals surface area (Å²) in [5.41, 5.74) is 9.96. The van der Waals surface area contributed by atoms with Crippen LogP contribution in [0.1, 0.15) is 137 Å². The summed E-state index contributed by atoms with van der Waals surface area (Å²) < 4.78 is 22.9. The summed E-state index contributed by atoms with van der Waals surface area (Å²) in [7, 11) is 2.61. The third-order valence-corrected chi connectivity index (χ3v) is 13.9. The number of methoxy groups -OCH3 is 2. The van der Waals surface area contributed by atoms with Crippen molar-refractivity contribution in [3.63, 3.8) is 0 Å². The third-order valence-electron chi connectivity index (χ3n) is 13.9. The molecule has 6 aliphatic rings. The Morgan fingerprint density at radius 3 is 1.41 bits per heavy atom. The van der Waals surface area contributed by atoms with Gasteiger partial charge in [0.2, 0.25) is 11.8 Å². The molecule has 2 aromatic heterocycles. The first-order chi connectivity index (χ1) is 30.9. The quantitative estimate of drug-likeness (QED) is 0.109. The van der Waals surface area contributed by atoms with Crippen molar-refractivity contribution >= 4 is 24.0 Å². The summed E-state index contributed by atoms with van der Waals surface area (Å²) in [5, 5.41) is 5.50. The molecule has 4 aliphatic heterocycles. The van der Waals surface area contributed by atoms with Crippen LogP contribution in [0.5, 0.6) is 11.5 Å². The Kier molecular flexibility index (Phi) is 10.8. The van der Waals surface area contributed by atoms with Gasteiger partial charge in [-0.1, -0.05) is 27.7 Å². The van der Waals surface area contributed by atoms with E-state index in [4.69, 9.17) is 28.9 Å². The van der Waals surface area contributed by atoms with E-state index in [1.165, 1.54) is 14.2 Å². The van der Waals surface area contributed by atoms with Crippen molar-refractivity contribution in [3.05, 3.63) is 58.4 Å². The predicted molar refractivity (Wildman–Crippen MR) is 235 cm³/mol. The molecule has 4 fully saturated rings. The van der Waals surface area contributed by atoms with Crippen LogP contribution in [0, 0.1) is 11.8 Å². The van der Waals surface area contributed by atoms with Crippen LogP contribution in [0.2, 0.25) is 0 Å². The van der Waals surface area contributed by atoms with Crippen LogP contribution >= 0.6 is 0 Å². The average Bonchev–Trinajstić information content (AvgIpc) is 4.07. The van der Waals surface area contributed by atoms with Crippen molar-refractivity contribution in [1.82, 2.24) is 40.4 Å². The molecule has 4 atom stereocenters. The molecule has 10 rings (SSSR count). The van der Waals surface area contributed by atoms with E-state index in [2.05, 4.69) is 44.9 Å². The Bertz CT molecular complexity index is 2300. The van der Waals surface area contributed by atoms with Gasteiger partial charge in [-0.05, 0) is 87.5 Å². The van der Waals surface area contributed by atoms with Crippen LogP contribution in [0.4, 0.5) is 9.59 Å². The zero-order chi connectivity index (χ0) is 44.6. The highest BCUT2D eigenvalue weighted by Gasteiger charge is 2.42. The summed E-state index contributed by atoms with van der Waals surface area (Å²) in [6, 6.07) is 6.67. The molecule has 0 unspecified atom stereocenters. The molecular weight excluding hydrogens is 817 g/mol. The molecular formula is C48H58N8O8. The molecule has 16 heteroatoms. The van der Waals surface area contributed by atoms with Gasteiger partial charge in [-0.2, -0.15) is 0 Å². The lowest BCUT2D eigenvalue weighted by molar-refractivity contribution is -0.136. The largest absolute Gasteiger partial charge is 0.488 e. The number of benzene rings is 2. The molecule has 0 radical (unpaired) electrons. The number of carbonyl (C=O) groups is 4. The molecule has 2 saturated carbocycles. The van der Waals surface area contributed by atoms with E-state index in [9.17, 15) is 19.2 Å². The second-order valence-electron chi connectivity index (χ2n) is 19.0. The number of nitrogens with zero attached hydrogens (tertiary/aromatic N) is 4. The van der Waals surface area contributed by atoms with Crippen LogP contribution in [0.3, 0.4) is 0 Å². The zero-order valence-corrected chi connectivity index (χ0v) is 37.5. The van der Waals surface area contributed by atoms with Gasteiger partial charge in [0.25, 0.3) is 0 Å². The van der Waals surface area contributed by atoms with Crippen molar-refractivity contribution in [2.75, 3.05) is 27.3 Å². The minimum atomic E-state index is -0.709. The van der Waals surface area contributed by atoms with E-state index >= 15 is 0 Å². The van der Waals surface area contributed by atoms with Crippen molar-refractivity contribution in [2.24, 2.45) is 11.8 Å². The van der Waals surface area contributed by atoms with E-state index in [1.54, 1.807) is 0 Å². The number of amides is 4. The Labute approximate surface area is 372 Å². The summed E-state index contributed by atoms with van der Waals surface area (Å²) in [6.45, 7) is 9.56. The van der Waals surface area contributed by atoms with Crippen LogP contribution in [0.25, 0.3) is 33.6 Å². The summed E-state index contributed by atoms with van der Waals surface area (Å²) in [5.74, 6) is 3.33. The van der Waals surface area contributed by atoms with E-state index < -0.39 is 24.3 Å². The molecule has 6 heterocycles. The van der Waals surface area contributed by atoms with Gasteiger partial charge in [0.1, 0.15) is 48.4 Å². The van der Waals surface area contributed by atoms with Gasteiger partial charge in [0.15, 0.2) is 0 Å². The molecule has 2 aromatic carbocycles. The minimum Gasteiger partial charge on any atom is -0.488 e. The first-order valence-electron chi connectivity index (χ1n) is 23.0. The zero-order valence-electron chi connectivity index (χ0n) is 37.5. The van der Waals surface area contributed by atoms with Gasteiger partial charge >= 0.3 is 12.2 Å². The van der Waals surface area contributed by atoms with E-state index in [-0.39, 0.29) is 35.7 Å². The number of likely N-dealkylation sites (tertiary alicyclic amines) is 2. The number of nitrogens with one attached hydrogen (secondary N) is 4. The third kappa shape index (κ3) is 7.51. The molecule has 4 amide bonds. The van der Waals surface area contributed by atoms with E-state index in [1.807, 2.05) is 37.5 Å². The number of aromatic amines is 2. The number of H-pyrrole nitrogens is 2. The monoisotopic (exact) mass is 874 g/mol. The molecule has 2 aliphatic carbocycles. The standard InChI is InChI=1S/C48H58N8O8/c1-23(2)37(53-47(59)61-5)45(57)55-15-7-9-31(55)43-49-39(25-11-12-25)41(51-43)27-17-29-21-64-34-20-28(18-30-22-63-33(19-27)35(29)36(30)34)42-40(26-13-14-26)50-44(52-42)32-10-8-16-56(32)46(58)38(24(3)4)54-48(60)62-6/h17-20,23-26,31-32,37-38H,7-16,21-22H2,1-6H3,(H,49,51)(H,50,52)(H,53,59)(H,54,60)/t31-,32-,37-,38-/m0/s1. The molecule has 16 nitrogen and oxygen atoms in total. The fraction of sp³-hybridized carbons (Fsp3) is 0.542. The molecule has 4 N–H and O–H groups in total. The lowest BCUT2D eigenvalue weighted by Crippen LogP contribution is -2.51. The van der Waals surface area contributed by atoms with Gasteiger partial charge in [0, 0.05) is 69.7 Å². The van der Waals surface area contributed by atoms with Gasteiger partial charge < -0.3 is 49.3 Å². The number of ether oxygens (including phenoxy) is 4. The van der Waals surface area contributed by atoms with Crippen molar-refractivity contribution < 1.29 is 38.1 Å². The molecule has 0 spiro atoms. The Balaban J connectivity index is 0.946. The fourth-order valence-electron chi connectivity index (χ4n) is 10.2. The van der Waals surface area contributed by atoms with Crippen molar-refractivity contribution in [1.29, 1.82) is 0 Å². The Morgan fingerprint density at radius 1 is 0.641 bits per heavy atom. The minimum absolute atomic E-state index is 0.123. The normalized spacial score (nSPS) is 20.7. The number of alkyl carbamates (subject to hydrolysis) is 2. The first-order valence-corrected chi connectivity index (χ1v) is 23.0. The maximum absolute atomic E-state index is 13.9. The van der Waals surface area contributed by atoms with Gasteiger partial charge in [-0.15, -0.1) is 0 Å². The highest BCUT2D eigenvalue weighted by Crippen LogP contribution is 2.53. The molecule has 338 valence electrons. The molecule has 4 aromatic rings. The Morgan fingerprint density at radius 2 is 1.05 bits per heavy atom. The predicted octanol–water partition coefficient (Wildman–Crippen LogP) is 7.76. The van der Waals surface area contributed by atoms with Crippen molar-refractivity contribution in [3.8, 4) is 45.1 Å². The van der Waals surface area contributed by atoms with E-state index in [0.717, 1.165) is 131 Å². The SMILES string of the molecule is COC(=O)N[C@H](C(=O)N1CCC[C@H]1c1nc(-c2cc3c4c(c2)OCc2cc(-c5nc([C@@H]6CCCN6C(=O)[C@@H](NC(=O)OC)C(C)C)[nH]c5C5CC5)cc(c2-4)OC3)c(C2CC2)[nH]1)C(C)C.